The van der Waals surface area contributed by atoms with Gasteiger partial charge in [-0.1, -0.05) is 23.1 Å². The average molecular weight is 180 g/mol. The highest BCUT2D eigenvalue weighted by atomic mass is 31.0. The lowest BCUT2D eigenvalue weighted by molar-refractivity contribution is 0.101. The number of aliphatic hydroxyl groups excluding tert-OH is 1. The molecule has 0 aromatic carbocycles. The van der Waals surface area contributed by atoms with E-state index in [9.17, 15) is 4.39 Å². The summed E-state index contributed by atoms with van der Waals surface area (Å²) in [5.74, 6) is 0.0254. The number of rotatable bonds is 4. The third-order valence-electron chi connectivity index (χ3n) is 2.07. The van der Waals surface area contributed by atoms with E-state index >= 15 is 0 Å². The van der Waals surface area contributed by atoms with Gasteiger partial charge in [-0.15, -0.1) is 0 Å². The first-order valence-electron chi connectivity index (χ1n) is 4.05. The molecule has 0 amide bonds. The van der Waals surface area contributed by atoms with Crippen molar-refractivity contribution in [3.63, 3.8) is 0 Å². The Bertz CT molecular complexity index is 115. The number of hydrogen-bond acceptors (Lipinski definition) is 1. The lowest BCUT2D eigenvalue weighted by Gasteiger charge is -2.24. The van der Waals surface area contributed by atoms with Gasteiger partial charge in [-0.05, 0) is 25.7 Å². The van der Waals surface area contributed by atoms with Crippen LogP contribution >= 0.6 is 9.24 Å². The molecule has 0 saturated carbocycles. The van der Waals surface area contributed by atoms with Gasteiger partial charge in [-0.25, -0.2) is 4.39 Å². The van der Waals surface area contributed by atoms with Crippen molar-refractivity contribution in [3.8, 4) is 0 Å². The summed E-state index contributed by atoms with van der Waals surface area (Å²) in [6, 6.07) is 0. The summed E-state index contributed by atoms with van der Waals surface area (Å²) in [7, 11) is 2.20. The molecule has 0 aromatic heterocycles. The van der Waals surface area contributed by atoms with Gasteiger partial charge in [0.15, 0.2) is 0 Å². The molecule has 1 N–H and O–H groups in total. The minimum Gasteiger partial charge on any atom is -0.393 e. The van der Waals surface area contributed by atoms with Crippen molar-refractivity contribution in [2.45, 2.75) is 45.1 Å². The van der Waals surface area contributed by atoms with Gasteiger partial charge >= 0.3 is 0 Å². The van der Waals surface area contributed by atoms with Crippen molar-refractivity contribution in [1.29, 1.82) is 0 Å². The molecule has 3 heteroatoms. The first-order chi connectivity index (χ1) is 4.89. The number of halogens is 1. The Labute approximate surface area is 70.6 Å². The highest BCUT2D eigenvalue weighted by Gasteiger charge is 2.25. The van der Waals surface area contributed by atoms with Crippen LogP contribution in [0.25, 0.3) is 0 Å². The SMILES string of the molecule is CCC(F)(P)C[C@H](C)[C@H](C)O. The molecular formula is C8H18FOP. The Morgan fingerprint density at radius 2 is 2.00 bits per heavy atom. The van der Waals surface area contributed by atoms with E-state index in [0.29, 0.717) is 12.8 Å². The first kappa shape index (κ1) is 11.3. The molecule has 0 aliphatic rings. The first-order valence-corrected chi connectivity index (χ1v) is 4.62. The smallest absolute Gasteiger partial charge is 0.123 e. The van der Waals surface area contributed by atoms with Crippen molar-refractivity contribution >= 4 is 9.24 Å². The maximum atomic E-state index is 13.3. The van der Waals surface area contributed by atoms with Crippen LogP contribution in [-0.2, 0) is 0 Å². The molecule has 0 aliphatic carbocycles. The number of hydrogen-bond donors (Lipinski definition) is 1. The van der Waals surface area contributed by atoms with Gasteiger partial charge in [-0.3, -0.25) is 0 Å². The van der Waals surface area contributed by atoms with Crippen LogP contribution in [-0.4, -0.2) is 16.6 Å². The Balaban J connectivity index is 3.83. The Morgan fingerprint density at radius 1 is 1.55 bits per heavy atom. The molecule has 0 saturated heterocycles. The zero-order valence-corrected chi connectivity index (χ0v) is 8.63. The van der Waals surface area contributed by atoms with Crippen molar-refractivity contribution in [3.05, 3.63) is 0 Å². The van der Waals surface area contributed by atoms with E-state index in [1.165, 1.54) is 0 Å². The van der Waals surface area contributed by atoms with E-state index in [2.05, 4.69) is 9.24 Å². The second kappa shape index (κ2) is 4.37. The maximum absolute atomic E-state index is 13.3. The van der Waals surface area contributed by atoms with Crippen LogP contribution in [0.4, 0.5) is 4.39 Å². The van der Waals surface area contributed by atoms with E-state index in [0.717, 1.165) is 0 Å². The third-order valence-corrected chi connectivity index (χ3v) is 2.72. The van der Waals surface area contributed by atoms with Gasteiger partial charge in [0.05, 0.1) is 6.10 Å². The van der Waals surface area contributed by atoms with Crippen LogP contribution in [0.15, 0.2) is 0 Å². The Kier molecular flexibility index (Phi) is 4.50. The molecule has 0 bridgehead atoms. The van der Waals surface area contributed by atoms with Crippen molar-refractivity contribution in [2.24, 2.45) is 5.92 Å². The van der Waals surface area contributed by atoms with E-state index < -0.39 is 11.5 Å². The lowest BCUT2D eigenvalue weighted by Crippen LogP contribution is -2.23. The normalized spacial score (nSPS) is 22.4. The molecule has 68 valence electrons. The molecule has 0 spiro atoms. The second-order valence-electron chi connectivity index (χ2n) is 3.31. The summed E-state index contributed by atoms with van der Waals surface area (Å²) in [5.41, 5.74) is 0. The molecule has 0 aliphatic heterocycles. The number of aliphatic hydroxyl groups is 1. The van der Waals surface area contributed by atoms with Gasteiger partial charge in [-0.2, -0.15) is 0 Å². The zero-order chi connectivity index (χ0) is 9.07. The van der Waals surface area contributed by atoms with Gasteiger partial charge < -0.3 is 5.11 Å². The van der Waals surface area contributed by atoms with Crippen LogP contribution in [0.1, 0.15) is 33.6 Å². The van der Waals surface area contributed by atoms with E-state index in [-0.39, 0.29) is 5.92 Å². The molecule has 11 heavy (non-hydrogen) atoms. The predicted octanol–water partition coefficient (Wildman–Crippen LogP) is 2.34. The second-order valence-corrected chi connectivity index (χ2v) is 4.34. The van der Waals surface area contributed by atoms with Crippen LogP contribution in [0.5, 0.6) is 0 Å². The fourth-order valence-corrected chi connectivity index (χ4v) is 1.22. The van der Waals surface area contributed by atoms with Gasteiger partial charge in [0.1, 0.15) is 5.41 Å². The van der Waals surface area contributed by atoms with Crippen molar-refractivity contribution < 1.29 is 9.50 Å². The van der Waals surface area contributed by atoms with E-state index in [1.54, 1.807) is 6.92 Å². The average Bonchev–Trinajstić information content (AvgIpc) is 1.87. The predicted molar refractivity (Wildman–Crippen MR) is 49.3 cm³/mol. The van der Waals surface area contributed by atoms with Crippen LogP contribution < -0.4 is 0 Å². The molecule has 4 atom stereocenters. The van der Waals surface area contributed by atoms with Gasteiger partial charge in [0.2, 0.25) is 0 Å². The summed E-state index contributed by atoms with van der Waals surface area (Å²) >= 11 is 0. The quantitative estimate of drug-likeness (QED) is 0.658. The largest absolute Gasteiger partial charge is 0.393 e. The summed E-state index contributed by atoms with van der Waals surface area (Å²) in [6.07, 6.45) is 0.470. The summed E-state index contributed by atoms with van der Waals surface area (Å²) in [6.45, 7) is 5.36. The topological polar surface area (TPSA) is 20.2 Å². The molecule has 0 rings (SSSR count). The zero-order valence-electron chi connectivity index (χ0n) is 7.47. The molecule has 0 radical (unpaired) electrons. The van der Waals surface area contributed by atoms with E-state index in [1.807, 2.05) is 13.8 Å². The minimum atomic E-state index is -1.20. The monoisotopic (exact) mass is 180 g/mol. The number of alkyl halides is 1. The van der Waals surface area contributed by atoms with Crippen LogP contribution in [0, 0.1) is 5.92 Å². The summed E-state index contributed by atoms with van der Waals surface area (Å²) in [5, 5.41) is 7.91. The van der Waals surface area contributed by atoms with Crippen molar-refractivity contribution in [2.75, 3.05) is 0 Å². The Morgan fingerprint density at radius 3 is 2.27 bits per heavy atom. The fourth-order valence-electron chi connectivity index (χ4n) is 0.850. The van der Waals surface area contributed by atoms with Gasteiger partial charge in [0.25, 0.3) is 0 Å². The fraction of sp³-hybridized carbons (Fsp3) is 1.00. The van der Waals surface area contributed by atoms with Crippen LogP contribution in [0.3, 0.4) is 0 Å². The molecule has 0 fully saturated rings. The van der Waals surface area contributed by atoms with Crippen molar-refractivity contribution in [1.82, 2.24) is 0 Å². The molecule has 0 heterocycles. The highest BCUT2D eigenvalue weighted by molar-refractivity contribution is 7.18. The molecule has 2 unspecified atom stereocenters. The molecule has 0 aromatic rings. The standard InChI is InChI=1S/C8H18FOP/c1-4-8(9,11)5-6(2)7(3)10/h6-7,10H,4-5,11H2,1-3H3/t6-,7-,8?/m0/s1. The third kappa shape index (κ3) is 4.71. The van der Waals surface area contributed by atoms with Crippen LogP contribution in [0.2, 0.25) is 0 Å². The highest BCUT2D eigenvalue weighted by Crippen LogP contribution is 2.32. The molecular weight excluding hydrogens is 162 g/mol. The molecule has 1 nitrogen and oxygen atoms in total. The lowest BCUT2D eigenvalue weighted by atomic mass is 9.98. The van der Waals surface area contributed by atoms with E-state index in [4.69, 9.17) is 5.11 Å². The minimum absolute atomic E-state index is 0.0254. The summed E-state index contributed by atoms with van der Waals surface area (Å²) in [4.78, 5) is 0. The van der Waals surface area contributed by atoms with Gasteiger partial charge in [0, 0.05) is 0 Å². The summed E-state index contributed by atoms with van der Waals surface area (Å²) < 4.78 is 13.3. The maximum Gasteiger partial charge on any atom is 0.123 e. The Hall–Kier alpha value is 0.320.